The zero-order valence-corrected chi connectivity index (χ0v) is 17.2. The van der Waals surface area contributed by atoms with Gasteiger partial charge in [-0.2, -0.15) is 0 Å². The van der Waals surface area contributed by atoms with Gasteiger partial charge in [-0.1, -0.05) is 53.7 Å². The summed E-state index contributed by atoms with van der Waals surface area (Å²) < 4.78 is 27.3. The molecular formula is C21H29N3O4S. The molecule has 2 atom stereocenters. The van der Waals surface area contributed by atoms with Gasteiger partial charge in [0.1, 0.15) is 0 Å². The van der Waals surface area contributed by atoms with Gasteiger partial charge in [-0.25, -0.2) is 8.42 Å². The summed E-state index contributed by atoms with van der Waals surface area (Å²) in [4.78, 5) is 5.86. The molecule has 0 aliphatic heterocycles. The lowest BCUT2D eigenvalue weighted by Crippen LogP contribution is -2.47. The maximum Gasteiger partial charge on any atom is 0.265 e. The van der Waals surface area contributed by atoms with Gasteiger partial charge in [0.25, 0.3) is 10.0 Å². The van der Waals surface area contributed by atoms with Gasteiger partial charge in [0.05, 0.1) is 23.6 Å². The summed E-state index contributed by atoms with van der Waals surface area (Å²) >= 11 is 0. The van der Waals surface area contributed by atoms with Gasteiger partial charge in [-0.3, -0.25) is 4.84 Å². The van der Waals surface area contributed by atoms with Gasteiger partial charge >= 0.3 is 0 Å². The van der Waals surface area contributed by atoms with Crippen molar-refractivity contribution in [2.24, 2.45) is 5.73 Å². The molecule has 2 aromatic rings. The van der Waals surface area contributed by atoms with E-state index in [4.69, 9.17) is 16.3 Å². The summed E-state index contributed by atoms with van der Waals surface area (Å²) in [6, 6.07) is 14.9. The molecule has 1 aliphatic carbocycles. The average molecular weight is 420 g/mol. The monoisotopic (exact) mass is 419 g/mol. The Balaban J connectivity index is 1.77. The number of hydroxylamine groups is 1. The Kier molecular flexibility index (Phi) is 7.26. The molecule has 8 heteroatoms. The Morgan fingerprint density at radius 2 is 1.79 bits per heavy atom. The summed E-state index contributed by atoms with van der Waals surface area (Å²) in [5.74, 6) is 0. The summed E-state index contributed by atoms with van der Waals surface area (Å²) in [7, 11) is -4.00. The molecule has 0 radical (unpaired) electrons. The number of hydrogen-bond acceptors (Lipinski definition) is 6. The second kappa shape index (κ2) is 9.69. The van der Waals surface area contributed by atoms with E-state index in [9.17, 15) is 13.5 Å². The summed E-state index contributed by atoms with van der Waals surface area (Å²) in [5.41, 5.74) is 13.2. The van der Waals surface area contributed by atoms with Crippen LogP contribution in [0.3, 0.4) is 0 Å². The smallest absolute Gasteiger partial charge is 0.265 e. The lowest BCUT2D eigenvalue weighted by molar-refractivity contribution is -0.144. The molecule has 0 amide bonds. The van der Waals surface area contributed by atoms with Gasteiger partial charge in [0.15, 0.2) is 0 Å². The van der Waals surface area contributed by atoms with E-state index in [0.29, 0.717) is 12.1 Å². The third kappa shape index (κ3) is 5.77. The lowest BCUT2D eigenvalue weighted by atomic mass is 10.0. The van der Waals surface area contributed by atoms with E-state index in [-0.39, 0.29) is 17.5 Å². The molecule has 0 spiro atoms. The highest BCUT2D eigenvalue weighted by Gasteiger charge is 2.33. The molecule has 158 valence electrons. The van der Waals surface area contributed by atoms with Crippen LogP contribution >= 0.6 is 0 Å². The Hall–Kier alpha value is -1.97. The van der Waals surface area contributed by atoms with Crippen molar-refractivity contribution in [3.05, 3.63) is 60.2 Å². The van der Waals surface area contributed by atoms with Crippen LogP contribution in [0.1, 0.15) is 31.2 Å². The van der Waals surface area contributed by atoms with Crippen LogP contribution in [0.25, 0.3) is 0 Å². The zero-order valence-electron chi connectivity index (χ0n) is 16.4. The van der Waals surface area contributed by atoms with Crippen LogP contribution in [0.15, 0.2) is 59.5 Å². The van der Waals surface area contributed by atoms with Crippen LogP contribution in [-0.4, -0.2) is 42.8 Å². The van der Waals surface area contributed by atoms with E-state index in [0.717, 1.165) is 35.7 Å². The number of sulfonamides is 1. The molecule has 1 aliphatic rings. The molecule has 2 unspecified atom stereocenters. The first-order valence-electron chi connectivity index (χ1n) is 9.89. The van der Waals surface area contributed by atoms with E-state index in [1.54, 1.807) is 12.1 Å². The van der Waals surface area contributed by atoms with Gasteiger partial charge in [0.2, 0.25) is 0 Å². The minimum Gasteiger partial charge on any atom is -0.399 e. The summed E-state index contributed by atoms with van der Waals surface area (Å²) in [6.07, 6.45) is 2.71. The normalized spacial score (nSPS) is 17.5. The summed E-state index contributed by atoms with van der Waals surface area (Å²) in [5, 5.41) is 10.7. The van der Waals surface area contributed by atoms with Crippen LogP contribution in [0.2, 0.25) is 0 Å². The molecular weight excluding hydrogens is 390 g/mol. The highest BCUT2D eigenvalue weighted by molar-refractivity contribution is 7.89. The van der Waals surface area contributed by atoms with Crippen LogP contribution in [-0.2, 0) is 21.3 Å². The Bertz CT molecular complexity index is 886. The third-order valence-electron chi connectivity index (χ3n) is 5.14. The number of hydrogen-bond donors (Lipinski definition) is 3. The van der Waals surface area contributed by atoms with Crippen molar-refractivity contribution in [2.75, 3.05) is 12.3 Å². The van der Waals surface area contributed by atoms with Crippen molar-refractivity contribution < 1.29 is 18.4 Å². The van der Waals surface area contributed by atoms with E-state index < -0.39 is 22.2 Å². The topological polar surface area (TPSA) is 119 Å². The first-order chi connectivity index (χ1) is 13.9. The maximum absolute atomic E-state index is 13.2. The number of nitrogens with zero attached hydrogens (tertiary/aromatic N) is 1. The minimum atomic E-state index is -4.00. The second-order valence-corrected chi connectivity index (χ2v) is 9.32. The number of nitrogen functional groups attached to an aromatic ring is 1. The molecule has 0 heterocycles. The van der Waals surface area contributed by atoms with Crippen molar-refractivity contribution in [3.8, 4) is 0 Å². The van der Waals surface area contributed by atoms with Gasteiger partial charge in [-0.05, 0) is 43.0 Å². The van der Waals surface area contributed by atoms with E-state index in [1.165, 1.54) is 12.1 Å². The predicted molar refractivity (Wildman–Crippen MR) is 112 cm³/mol. The molecule has 0 aromatic heterocycles. The number of aliphatic hydroxyl groups is 1. The molecule has 7 nitrogen and oxygen atoms in total. The predicted octanol–water partition coefficient (Wildman–Crippen LogP) is 2.06. The molecule has 29 heavy (non-hydrogen) atoms. The van der Waals surface area contributed by atoms with Crippen LogP contribution in [0.5, 0.6) is 0 Å². The molecule has 1 fully saturated rings. The quantitative estimate of drug-likeness (QED) is 0.423. The highest BCUT2D eigenvalue weighted by Crippen LogP contribution is 2.26. The number of nitrogens with two attached hydrogens (primary N) is 2. The Morgan fingerprint density at radius 1 is 1.10 bits per heavy atom. The van der Waals surface area contributed by atoms with Gasteiger partial charge in [-0.15, -0.1) is 0 Å². The maximum atomic E-state index is 13.2. The fraction of sp³-hybridized carbons (Fsp3) is 0.429. The number of aliphatic hydroxyl groups excluding tert-OH is 1. The van der Waals surface area contributed by atoms with Gasteiger partial charge in [0, 0.05) is 11.7 Å². The van der Waals surface area contributed by atoms with Crippen LogP contribution in [0.4, 0.5) is 5.69 Å². The zero-order chi connectivity index (χ0) is 20.9. The molecule has 5 N–H and O–H groups in total. The molecule has 0 saturated heterocycles. The molecule has 2 aromatic carbocycles. The molecule has 0 bridgehead atoms. The summed E-state index contributed by atoms with van der Waals surface area (Å²) in [6.45, 7) is -0.248. The average Bonchev–Trinajstić information content (AvgIpc) is 3.21. The fourth-order valence-corrected chi connectivity index (χ4v) is 4.82. The first kappa shape index (κ1) is 21.7. The minimum absolute atomic E-state index is 0.0272. The van der Waals surface area contributed by atoms with Crippen molar-refractivity contribution in [3.63, 3.8) is 0 Å². The first-order valence-corrected chi connectivity index (χ1v) is 11.3. The van der Waals surface area contributed by atoms with Crippen molar-refractivity contribution >= 4 is 15.7 Å². The third-order valence-corrected chi connectivity index (χ3v) is 6.76. The van der Waals surface area contributed by atoms with Gasteiger partial charge < -0.3 is 16.6 Å². The lowest BCUT2D eigenvalue weighted by Gasteiger charge is -2.29. The highest BCUT2D eigenvalue weighted by atomic mass is 32.2. The standard InChI is InChI=1S/C21H29N3O4S/c22-17-9-6-12-19(14-17)29(26,27)24(28-18-10-4-5-11-18)15-21(25)20(23)13-16-7-2-1-3-8-16/h1-3,6-9,12,14,18,20-21,25H,4-5,10-11,13,15,22-23H2. The van der Waals surface area contributed by atoms with E-state index >= 15 is 0 Å². The van der Waals surface area contributed by atoms with E-state index in [2.05, 4.69) is 0 Å². The SMILES string of the molecule is Nc1cccc(S(=O)(=O)N(CC(O)C(N)Cc2ccccc2)OC2CCCC2)c1. The molecule has 1 saturated carbocycles. The number of rotatable bonds is 9. The fourth-order valence-electron chi connectivity index (χ4n) is 3.46. The van der Waals surface area contributed by atoms with Crippen LogP contribution < -0.4 is 11.5 Å². The van der Waals surface area contributed by atoms with E-state index in [1.807, 2.05) is 30.3 Å². The number of anilines is 1. The van der Waals surface area contributed by atoms with Crippen molar-refractivity contribution in [2.45, 2.75) is 55.2 Å². The Morgan fingerprint density at radius 3 is 2.45 bits per heavy atom. The van der Waals surface area contributed by atoms with Crippen LogP contribution in [0, 0.1) is 0 Å². The second-order valence-electron chi connectivity index (χ2n) is 7.50. The van der Waals surface area contributed by atoms with Crippen molar-refractivity contribution in [1.82, 2.24) is 4.47 Å². The molecule has 3 rings (SSSR count). The Labute approximate surface area is 172 Å². The number of benzene rings is 2. The van der Waals surface area contributed by atoms with Crippen molar-refractivity contribution in [1.29, 1.82) is 0 Å². The largest absolute Gasteiger partial charge is 0.399 e.